The fraction of sp³-hybridized carbons (Fsp3) is 0.552. The van der Waals surface area contributed by atoms with Gasteiger partial charge in [-0.25, -0.2) is 9.37 Å². The number of hydrogen-bond donors (Lipinski definition) is 1. The van der Waals surface area contributed by atoms with Gasteiger partial charge in [-0.1, -0.05) is 12.1 Å². The molecule has 2 atom stereocenters. The van der Waals surface area contributed by atoms with Crippen molar-refractivity contribution < 1.29 is 13.9 Å². The number of aromatic nitrogens is 3. The molecule has 0 saturated carbocycles. The monoisotopic (exact) mass is 520 g/mol. The van der Waals surface area contributed by atoms with Crippen LogP contribution in [0.25, 0.3) is 5.65 Å². The number of ether oxygens (including phenoxy) is 1. The number of anilines is 1. The molecule has 8 nitrogen and oxygen atoms in total. The topological polar surface area (TPSA) is 75.0 Å². The summed E-state index contributed by atoms with van der Waals surface area (Å²) in [6.45, 7) is 6.16. The second kappa shape index (κ2) is 10.3. The number of carbonyl (C=O) groups is 1. The number of halogens is 1. The molecule has 2 saturated heterocycles. The number of nitrogens with one attached hydrogen (secondary N) is 1. The lowest BCUT2D eigenvalue weighted by molar-refractivity contribution is -0.143. The molecule has 3 aromatic rings. The minimum absolute atomic E-state index is 0.00673. The summed E-state index contributed by atoms with van der Waals surface area (Å²) >= 11 is 0. The highest BCUT2D eigenvalue weighted by Crippen LogP contribution is 2.37. The van der Waals surface area contributed by atoms with Crippen LogP contribution in [0.15, 0.2) is 36.4 Å². The summed E-state index contributed by atoms with van der Waals surface area (Å²) in [7, 11) is 2.11. The van der Waals surface area contributed by atoms with Crippen LogP contribution in [0.3, 0.4) is 0 Å². The summed E-state index contributed by atoms with van der Waals surface area (Å²) in [6, 6.07) is 10.4. The van der Waals surface area contributed by atoms with E-state index in [1.165, 1.54) is 12.1 Å². The minimum Gasteiger partial charge on any atom is -0.380 e. The fourth-order valence-corrected chi connectivity index (χ4v) is 5.97. The maximum atomic E-state index is 14.4. The average molecular weight is 521 g/mol. The van der Waals surface area contributed by atoms with Gasteiger partial charge < -0.3 is 19.9 Å². The highest BCUT2D eigenvalue weighted by Gasteiger charge is 2.43. The van der Waals surface area contributed by atoms with Gasteiger partial charge in [0.05, 0.1) is 29.5 Å². The van der Waals surface area contributed by atoms with Gasteiger partial charge in [-0.05, 0) is 56.7 Å². The second-order valence-corrected chi connectivity index (χ2v) is 11.3. The minimum atomic E-state index is -0.923. The molecule has 0 spiro atoms. The molecule has 1 aromatic carbocycles. The number of rotatable bonds is 2. The van der Waals surface area contributed by atoms with E-state index >= 15 is 0 Å². The maximum absolute atomic E-state index is 14.4. The Morgan fingerprint density at radius 3 is 2.61 bits per heavy atom. The molecule has 202 valence electrons. The first-order valence-corrected chi connectivity index (χ1v) is 13.9. The maximum Gasteiger partial charge on any atom is 0.235 e. The number of amides is 1. The molecule has 2 bridgehead atoms. The summed E-state index contributed by atoms with van der Waals surface area (Å²) in [6.07, 6.45) is 4.65. The molecule has 0 aliphatic carbocycles. The molecule has 38 heavy (non-hydrogen) atoms. The molecular weight excluding hydrogens is 483 g/mol. The van der Waals surface area contributed by atoms with Gasteiger partial charge in [-0.2, -0.15) is 9.61 Å². The van der Waals surface area contributed by atoms with Crippen LogP contribution in [0.2, 0.25) is 0 Å². The number of nitrogens with zero attached hydrogens (tertiary/aromatic N) is 5. The third kappa shape index (κ3) is 4.56. The highest BCUT2D eigenvalue weighted by atomic mass is 19.1. The third-order valence-electron chi connectivity index (χ3n) is 8.52. The van der Waals surface area contributed by atoms with Crippen LogP contribution in [0, 0.1) is 5.82 Å². The van der Waals surface area contributed by atoms with E-state index in [2.05, 4.69) is 29.4 Å². The van der Waals surface area contributed by atoms with E-state index in [1.807, 2.05) is 16.3 Å². The van der Waals surface area contributed by atoms with Gasteiger partial charge in [0.25, 0.3) is 0 Å². The largest absolute Gasteiger partial charge is 0.380 e. The molecule has 0 radical (unpaired) electrons. The molecule has 3 aliphatic heterocycles. The second-order valence-electron chi connectivity index (χ2n) is 11.3. The van der Waals surface area contributed by atoms with E-state index in [0.717, 1.165) is 80.2 Å². The van der Waals surface area contributed by atoms with E-state index in [4.69, 9.17) is 14.8 Å². The zero-order valence-electron chi connectivity index (χ0n) is 22.3. The van der Waals surface area contributed by atoms with E-state index in [0.29, 0.717) is 19.1 Å². The van der Waals surface area contributed by atoms with Crippen LogP contribution in [0.5, 0.6) is 0 Å². The van der Waals surface area contributed by atoms with Gasteiger partial charge in [0.2, 0.25) is 5.91 Å². The van der Waals surface area contributed by atoms with Crippen molar-refractivity contribution in [2.75, 3.05) is 51.3 Å². The summed E-state index contributed by atoms with van der Waals surface area (Å²) < 4.78 is 21.9. The normalized spacial score (nSPS) is 25.7. The summed E-state index contributed by atoms with van der Waals surface area (Å²) in [4.78, 5) is 23.6. The Balaban J connectivity index is 1.44. The van der Waals surface area contributed by atoms with Crippen LogP contribution in [-0.2, 0) is 14.9 Å². The standard InChI is InChI=1S/C29H37FN6O2/c1-29(21-8-10-22(30)11-9-21)19-38-14-6-5-12-34(2)27-16-23(20-17-31-18-20)32-26-15-24(33-36(26)27)25-7-3-4-13-35(25)28(29)37/h8-11,15-16,20,25,31H,3-7,12-14,17-19H2,1-2H3. The Kier molecular flexibility index (Phi) is 6.82. The molecule has 1 N–H and O–H groups in total. The predicted molar refractivity (Wildman–Crippen MR) is 144 cm³/mol. The lowest BCUT2D eigenvalue weighted by Gasteiger charge is -2.41. The lowest BCUT2D eigenvalue weighted by Crippen LogP contribution is -2.50. The van der Waals surface area contributed by atoms with Gasteiger partial charge in [-0.3, -0.25) is 4.79 Å². The quantitative estimate of drug-likeness (QED) is 0.554. The van der Waals surface area contributed by atoms with Crippen molar-refractivity contribution in [3.63, 3.8) is 0 Å². The van der Waals surface area contributed by atoms with Crippen molar-refractivity contribution in [2.45, 2.75) is 56.4 Å². The number of hydrogen-bond acceptors (Lipinski definition) is 6. The van der Waals surface area contributed by atoms with E-state index < -0.39 is 5.41 Å². The van der Waals surface area contributed by atoms with Crippen molar-refractivity contribution in [3.05, 3.63) is 59.2 Å². The lowest BCUT2D eigenvalue weighted by atomic mass is 9.80. The van der Waals surface area contributed by atoms with E-state index in [1.54, 1.807) is 12.1 Å². The summed E-state index contributed by atoms with van der Waals surface area (Å²) in [5, 5.41) is 8.43. The smallest absolute Gasteiger partial charge is 0.235 e. The molecule has 1 amide bonds. The van der Waals surface area contributed by atoms with Crippen LogP contribution in [-0.4, -0.2) is 71.8 Å². The molecule has 9 heteroatoms. The molecule has 2 unspecified atom stereocenters. The molecular formula is C29H37FN6O2. The zero-order valence-corrected chi connectivity index (χ0v) is 22.3. The van der Waals surface area contributed by atoms with Crippen LogP contribution in [0.4, 0.5) is 10.2 Å². The van der Waals surface area contributed by atoms with Crippen molar-refractivity contribution in [3.8, 4) is 0 Å². The van der Waals surface area contributed by atoms with Crippen molar-refractivity contribution in [2.24, 2.45) is 0 Å². The summed E-state index contributed by atoms with van der Waals surface area (Å²) in [5.41, 5.74) is 2.65. The first-order valence-electron chi connectivity index (χ1n) is 13.9. The molecule has 2 aromatic heterocycles. The van der Waals surface area contributed by atoms with Crippen molar-refractivity contribution in [1.29, 1.82) is 0 Å². The van der Waals surface area contributed by atoms with Gasteiger partial charge in [-0.15, -0.1) is 0 Å². The van der Waals surface area contributed by atoms with Gasteiger partial charge in [0.15, 0.2) is 5.65 Å². The molecule has 2 fully saturated rings. The van der Waals surface area contributed by atoms with Crippen LogP contribution in [0.1, 0.15) is 67.9 Å². The Morgan fingerprint density at radius 1 is 1.05 bits per heavy atom. The zero-order chi connectivity index (χ0) is 26.3. The number of benzene rings is 1. The van der Waals surface area contributed by atoms with E-state index in [-0.39, 0.29) is 24.4 Å². The SMILES string of the molecule is CN1CCCCOCC(C)(c2ccc(F)cc2)C(=O)N2CCCCC2c2cc3nc(C4CNC4)cc1n3n2. The fourth-order valence-electron chi connectivity index (χ4n) is 5.97. The molecule has 3 aliphatic rings. The first-order chi connectivity index (χ1) is 18.4. The number of piperidine rings is 1. The highest BCUT2D eigenvalue weighted by molar-refractivity contribution is 5.88. The Labute approximate surface area is 223 Å². The number of carbonyl (C=O) groups excluding carboxylic acids is 1. The Hall–Kier alpha value is -3.04. The van der Waals surface area contributed by atoms with Crippen LogP contribution >= 0.6 is 0 Å². The Morgan fingerprint density at radius 2 is 1.84 bits per heavy atom. The molecule has 5 heterocycles. The first kappa shape index (κ1) is 25.2. The molecule has 6 rings (SSSR count). The van der Waals surface area contributed by atoms with Crippen molar-refractivity contribution >= 4 is 17.4 Å². The average Bonchev–Trinajstić information content (AvgIpc) is 3.32. The van der Waals surface area contributed by atoms with Gasteiger partial charge >= 0.3 is 0 Å². The number of fused-ring (bicyclic) bond motifs is 3. The van der Waals surface area contributed by atoms with Crippen molar-refractivity contribution in [1.82, 2.24) is 24.8 Å². The predicted octanol–water partition coefficient (Wildman–Crippen LogP) is 3.81. The van der Waals surface area contributed by atoms with Gasteiger partial charge in [0, 0.05) is 57.9 Å². The third-order valence-corrected chi connectivity index (χ3v) is 8.52. The summed E-state index contributed by atoms with van der Waals surface area (Å²) in [5.74, 6) is 1.14. The van der Waals surface area contributed by atoms with E-state index in [9.17, 15) is 9.18 Å². The Bertz CT molecular complexity index is 1310. The van der Waals surface area contributed by atoms with Crippen LogP contribution < -0.4 is 10.2 Å². The van der Waals surface area contributed by atoms with Gasteiger partial charge in [0.1, 0.15) is 11.6 Å².